The van der Waals surface area contributed by atoms with Crippen molar-refractivity contribution >= 4 is 39.7 Å². The second-order valence-electron chi connectivity index (χ2n) is 5.78. The molecular weight excluding hydrogens is 338 g/mol. The zero-order valence-corrected chi connectivity index (χ0v) is 14.5. The van der Waals surface area contributed by atoms with E-state index in [9.17, 15) is 13.2 Å². The molecule has 2 saturated heterocycles. The van der Waals surface area contributed by atoms with E-state index >= 15 is 0 Å². The van der Waals surface area contributed by atoms with Gasteiger partial charge in [-0.05, 0) is 44.0 Å². The molecule has 128 valence electrons. The number of hydrogen-bond donors (Lipinski definition) is 2. The third-order valence-electron chi connectivity index (χ3n) is 4.13. The molecule has 8 heteroatoms. The van der Waals surface area contributed by atoms with Gasteiger partial charge in [0, 0.05) is 12.2 Å². The molecule has 0 bridgehead atoms. The molecule has 6 nitrogen and oxygen atoms in total. The zero-order valence-electron chi connectivity index (χ0n) is 12.8. The van der Waals surface area contributed by atoms with E-state index in [0.29, 0.717) is 24.3 Å². The summed E-state index contributed by atoms with van der Waals surface area (Å²) < 4.78 is 25.4. The average Bonchev–Trinajstić information content (AvgIpc) is 2.88. The van der Waals surface area contributed by atoms with E-state index in [-0.39, 0.29) is 30.1 Å². The highest BCUT2D eigenvalue weighted by Crippen LogP contribution is 2.26. The first-order chi connectivity index (χ1) is 10.6. The Bertz CT molecular complexity index is 660. The Labute approximate surface area is 143 Å². The molecule has 3 rings (SSSR count). The van der Waals surface area contributed by atoms with Gasteiger partial charge in [0.05, 0.1) is 17.5 Å². The van der Waals surface area contributed by atoms with E-state index in [1.165, 1.54) is 4.31 Å². The monoisotopic (exact) mass is 359 g/mol. The van der Waals surface area contributed by atoms with Crippen molar-refractivity contribution in [3.05, 3.63) is 24.3 Å². The second kappa shape index (κ2) is 7.51. The summed E-state index contributed by atoms with van der Waals surface area (Å²) in [4.78, 5) is 12.2. The molecule has 2 fully saturated rings. The fourth-order valence-electron chi connectivity index (χ4n) is 2.97. The number of carbonyl (C=O) groups excluding carboxylic acids is 1. The summed E-state index contributed by atoms with van der Waals surface area (Å²) in [6.45, 7) is 1.37. The molecule has 0 saturated carbocycles. The van der Waals surface area contributed by atoms with Crippen molar-refractivity contribution in [2.45, 2.75) is 31.7 Å². The molecule has 1 atom stereocenters. The molecule has 2 heterocycles. The predicted molar refractivity (Wildman–Crippen MR) is 93.7 cm³/mol. The zero-order chi connectivity index (χ0) is 15.6. The highest BCUT2D eigenvalue weighted by molar-refractivity contribution is 7.93. The molecule has 1 aromatic rings. The number of nitrogens with one attached hydrogen (secondary N) is 2. The molecule has 2 aliphatic rings. The quantitative estimate of drug-likeness (QED) is 0.861. The molecule has 1 unspecified atom stereocenters. The van der Waals surface area contributed by atoms with E-state index in [2.05, 4.69) is 10.6 Å². The smallest absolute Gasteiger partial charge is 0.241 e. The predicted octanol–water partition coefficient (Wildman–Crippen LogP) is 1.73. The van der Waals surface area contributed by atoms with Gasteiger partial charge in [0.2, 0.25) is 15.9 Å². The summed E-state index contributed by atoms with van der Waals surface area (Å²) in [6, 6.07) is 6.88. The Hall–Kier alpha value is -1.31. The van der Waals surface area contributed by atoms with Gasteiger partial charge in [-0.1, -0.05) is 12.5 Å². The average molecular weight is 360 g/mol. The molecule has 1 aromatic carbocycles. The van der Waals surface area contributed by atoms with Crippen molar-refractivity contribution < 1.29 is 13.2 Å². The number of amides is 1. The highest BCUT2D eigenvalue weighted by Gasteiger charge is 2.28. The summed E-state index contributed by atoms with van der Waals surface area (Å²) in [5.41, 5.74) is 1.25. The van der Waals surface area contributed by atoms with Gasteiger partial charge in [-0.25, -0.2) is 8.42 Å². The molecule has 2 aliphatic heterocycles. The lowest BCUT2D eigenvalue weighted by Crippen LogP contribution is -2.43. The Kier molecular flexibility index (Phi) is 5.89. The van der Waals surface area contributed by atoms with Gasteiger partial charge in [-0.15, -0.1) is 12.4 Å². The number of piperidine rings is 1. The summed E-state index contributed by atoms with van der Waals surface area (Å²) in [5, 5.41) is 6.08. The lowest BCUT2D eigenvalue weighted by Gasteiger charge is -2.23. The van der Waals surface area contributed by atoms with Crippen LogP contribution >= 0.6 is 12.4 Å². The largest absolute Gasteiger partial charge is 0.325 e. The standard InChI is InChI=1S/C15H21N3O3S.ClH/c19-15(14-7-1-2-8-16-14)17-12-5-3-6-13(11-12)18-9-4-10-22(18,20)21;/h3,5-6,11,14,16H,1-2,4,7-10H2,(H,17,19);1H. The SMILES string of the molecule is Cl.O=C(Nc1cccc(N2CCCS2(=O)=O)c1)C1CCCCN1. The van der Waals surface area contributed by atoms with Crippen LogP contribution in [0.5, 0.6) is 0 Å². The lowest BCUT2D eigenvalue weighted by molar-refractivity contribution is -0.118. The first kappa shape index (κ1) is 18.0. The molecule has 0 spiro atoms. The number of sulfonamides is 1. The summed E-state index contributed by atoms with van der Waals surface area (Å²) in [7, 11) is -3.20. The summed E-state index contributed by atoms with van der Waals surface area (Å²) in [6.07, 6.45) is 3.64. The van der Waals surface area contributed by atoms with Gasteiger partial charge in [-0.2, -0.15) is 0 Å². The van der Waals surface area contributed by atoms with Crippen molar-refractivity contribution in [1.82, 2.24) is 5.32 Å². The highest BCUT2D eigenvalue weighted by atomic mass is 35.5. The van der Waals surface area contributed by atoms with Crippen molar-refractivity contribution in [2.75, 3.05) is 28.5 Å². The molecule has 1 amide bonds. The summed E-state index contributed by atoms with van der Waals surface area (Å²) >= 11 is 0. The molecule has 2 N–H and O–H groups in total. The maximum atomic E-state index is 12.2. The van der Waals surface area contributed by atoms with E-state index in [1.807, 2.05) is 0 Å². The Balaban J connectivity index is 0.00000192. The minimum Gasteiger partial charge on any atom is -0.325 e. The third-order valence-corrected chi connectivity index (χ3v) is 6.00. The van der Waals surface area contributed by atoms with E-state index in [0.717, 1.165) is 25.8 Å². The minimum absolute atomic E-state index is 0. The number of anilines is 2. The van der Waals surface area contributed by atoms with Crippen molar-refractivity contribution in [2.24, 2.45) is 0 Å². The van der Waals surface area contributed by atoms with Crippen LogP contribution in [0.2, 0.25) is 0 Å². The second-order valence-corrected chi connectivity index (χ2v) is 7.80. The first-order valence-corrected chi connectivity index (χ1v) is 9.32. The molecule has 0 aromatic heterocycles. The van der Waals surface area contributed by atoms with Crippen LogP contribution in [0.4, 0.5) is 11.4 Å². The van der Waals surface area contributed by atoms with Crippen LogP contribution in [-0.4, -0.2) is 39.2 Å². The van der Waals surface area contributed by atoms with E-state index < -0.39 is 10.0 Å². The Morgan fingerprint density at radius 2 is 2.09 bits per heavy atom. The van der Waals surface area contributed by atoms with Crippen LogP contribution in [0, 0.1) is 0 Å². The maximum absolute atomic E-state index is 12.2. The molecule has 0 aliphatic carbocycles. The van der Waals surface area contributed by atoms with E-state index in [4.69, 9.17) is 0 Å². The minimum atomic E-state index is -3.20. The van der Waals surface area contributed by atoms with Gasteiger partial charge in [0.25, 0.3) is 0 Å². The first-order valence-electron chi connectivity index (χ1n) is 7.71. The normalized spacial score (nSPS) is 23.1. The fourth-order valence-corrected chi connectivity index (χ4v) is 4.53. The van der Waals surface area contributed by atoms with Crippen LogP contribution < -0.4 is 14.9 Å². The number of benzene rings is 1. The number of carbonyl (C=O) groups is 1. The van der Waals surface area contributed by atoms with Crippen LogP contribution in [0.25, 0.3) is 0 Å². The molecule has 0 radical (unpaired) electrons. The van der Waals surface area contributed by atoms with Crippen LogP contribution in [-0.2, 0) is 14.8 Å². The Morgan fingerprint density at radius 3 is 2.74 bits per heavy atom. The summed E-state index contributed by atoms with van der Waals surface area (Å²) in [5.74, 6) is 0.136. The van der Waals surface area contributed by atoms with Gasteiger partial charge in [-0.3, -0.25) is 9.10 Å². The van der Waals surface area contributed by atoms with Gasteiger partial charge >= 0.3 is 0 Å². The lowest BCUT2D eigenvalue weighted by atomic mass is 10.0. The number of hydrogen-bond acceptors (Lipinski definition) is 4. The fraction of sp³-hybridized carbons (Fsp3) is 0.533. The maximum Gasteiger partial charge on any atom is 0.241 e. The molecular formula is C15H22ClN3O3S. The van der Waals surface area contributed by atoms with Gasteiger partial charge in [0.15, 0.2) is 0 Å². The van der Waals surface area contributed by atoms with Crippen molar-refractivity contribution in [1.29, 1.82) is 0 Å². The number of halogens is 1. The Morgan fingerprint density at radius 1 is 1.26 bits per heavy atom. The topological polar surface area (TPSA) is 78.5 Å². The van der Waals surface area contributed by atoms with Crippen LogP contribution in [0.1, 0.15) is 25.7 Å². The van der Waals surface area contributed by atoms with Crippen molar-refractivity contribution in [3.63, 3.8) is 0 Å². The van der Waals surface area contributed by atoms with Crippen molar-refractivity contribution in [3.8, 4) is 0 Å². The van der Waals surface area contributed by atoms with Gasteiger partial charge < -0.3 is 10.6 Å². The van der Waals surface area contributed by atoms with Crippen LogP contribution in [0.15, 0.2) is 24.3 Å². The van der Waals surface area contributed by atoms with Crippen LogP contribution in [0.3, 0.4) is 0 Å². The number of rotatable bonds is 3. The van der Waals surface area contributed by atoms with E-state index in [1.54, 1.807) is 24.3 Å². The van der Waals surface area contributed by atoms with Gasteiger partial charge in [0.1, 0.15) is 0 Å². The molecule has 23 heavy (non-hydrogen) atoms. The third kappa shape index (κ3) is 4.16. The number of nitrogens with zero attached hydrogens (tertiary/aromatic N) is 1.